The standard InChI is InChI=1S/C24H24FIN5O3/c1-33-23-15(25)6-5-7-17(23)30-22-19-21-16(12-29-24(19)32)26-34-11-4-2-3-9-28-18-13-27-10-8-14(18)20(22)31-21/h2,4-8,10,13,16,28,30-31H,3,9,11-12H2,1H3,(H,29,32)/q-1/b4-2+/t16-/m1/s1. The third-order valence-corrected chi connectivity index (χ3v) is 8.05. The number of aromatic amines is 1. The Morgan fingerprint density at radius 2 is 2.18 bits per heavy atom. The van der Waals surface area contributed by atoms with Gasteiger partial charge in [0.05, 0.1) is 0 Å². The molecular weight excluding hydrogens is 552 g/mol. The third-order valence-electron chi connectivity index (χ3n) is 5.66. The van der Waals surface area contributed by atoms with Crippen LogP contribution in [0, 0.1) is 5.82 Å². The molecule has 4 N–H and O–H groups in total. The van der Waals surface area contributed by atoms with Crippen molar-refractivity contribution in [3.63, 3.8) is 0 Å². The Bertz CT molecular complexity index is 1250. The van der Waals surface area contributed by atoms with Gasteiger partial charge in [0.2, 0.25) is 0 Å². The Hall–Kier alpha value is -3.12. The number of carbonyl (C=O) groups is 1. The van der Waals surface area contributed by atoms with Crippen molar-refractivity contribution in [2.45, 2.75) is 10.3 Å². The van der Waals surface area contributed by atoms with Gasteiger partial charge in [-0.15, -0.1) is 0 Å². The number of fused-ring (bicyclic) bond motifs is 3. The summed E-state index contributed by atoms with van der Waals surface area (Å²) in [4.78, 5) is 20.9. The van der Waals surface area contributed by atoms with Gasteiger partial charge in [0, 0.05) is 0 Å². The van der Waals surface area contributed by atoms with Crippen LogP contribution in [0.5, 0.6) is 5.75 Å². The zero-order valence-electron chi connectivity index (χ0n) is 18.5. The number of benzene rings is 1. The summed E-state index contributed by atoms with van der Waals surface area (Å²) >= 11 is -0.695. The molecule has 1 atom stereocenters. The molecule has 178 valence electrons. The van der Waals surface area contributed by atoms with Crippen molar-refractivity contribution in [2.75, 3.05) is 37.4 Å². The molecule has 2 bridgehead atoms. The Morgan fingerprint density at radius 1 is 1.26 bits per heavy atom. The number of nitrogens with zero attached hydrogens (tertiary/aromatic N) is 1. The monoisotopic (exact) mass is 576 g/mol. The van der Waals surface area contributed by atoms with E-state index in [-0.39, 0.29) is 15.6 Å². The number of para-hydroxylation sites is 1. The molecule has 2 aromatic heterocycles. The molecule has 2 aliphatic rings. The zero-order valence-corrected chi connectivity index (χ0v) is 20.6. The first kappa shape index (κ1) is 22.7. The van der Waals surface area contributed by atoms with Crippen molar-refractivity contribution < 1.29 is 38.6 Å². The summed E-state index contributed by atoms with van der Waals surface area (Å²) in [5, 5.41) is 9.73. The van der Waals surface area contributed by atoms with Crippen molar-refractivity contribution in [3.05, 3.63) is 65.9 Å². The third kappa shape index (κ3) is 4.34. The number of carbonyl (C=O) groups excluding carboxylic acids is 1. The minimum absolute atomic E-state index is 0.0461. The average Bonchev–Trinajstić information content (AvgIpc) is 3.22. The van der Waals surface area contributed by atoms with Gasteiger partial charge in [0.25, 0.3) is 0 Å². The van der Waals surface area contributed by atoms with E-state index in [9.17, 15) is 9.18 Å². The van der Waals surface area contributed by atoms with E-state index in [1.807, 2.05) is 12.1 Å². The summed E-state index contributed by atoms with van der Waals surface area (Å²) in [7, 11) is 1.42. The molecule has 10 heteroatoms. The number of H-pyrrole nitrogens is 1. The summed E-state index contributed by atoms with van der Waals surface area (Å²) in [5.74, 6) is -0.599. The number of hydrogen-bond donors (Lipinski definition) is 4. The number of nitrogens with one attached hydrogen (secondary N) is 4. The van der Waals surface area contributed by atoms with Crippen molar-refractivity contribution in [1.82, 2.24) is 15.3 Å². The number of methoxy groups -OCH3 is 1. The SMILES string of the molecule is COc1c(F)cccc1Nc1c2[nH]c3c1C(=O)NC[C@H]3[I-]OC/C=C/CCNc1cnccc1-2. The molecule has 0 saturated heterocycles. The number of halogens is 2. The van der Waals surface area contributed by atoms with E-state index in [2.05, 4.69) is 32.0 Å². The summed E-state index contributed by atoms with van der Waals surface area (Å²) < 4.78 is 25.8. The summed E-state index contributed by atoms with van der Waals surface area (Å²) in [6.07, 6.45) is 8.45. The maximum absolute atomic E-state index is 14.4. The summed E-state index contributed by atoms with van der Waals surface area (Å²) in [5.41, 5.74) is 4.74. The maximum atomic E-state index is 14.4. The second kappa shape index (κ2) is 10.0. The van der Waals surface area contributed by atoms with E-state index in [1.54, 1.807) is 24.5 Å². The van der Waals surface area contributed by atoms with Crippen LogP contribution in [0.2, 0.25) is 0 Å². The van der Waals surface area contributed by atoms with E-state index in [4.69, 9.17) is 7.80 Å². The normalized spacial score (nSPS) is 18.9. The van der Waals surface area contributed by atoms with E-state index < -0.39 is 27.4 Å². The van der Waals surface area contributed by atoms with Gasteiger partial charge < -0.3 is 0 Å². The molecule has 0 fully saturated rings. The molecule has 34 heavy (non-hydrogen) atoms. The average molecular weight is 576 g/mol. The number of rotatable bonds is 3. The summed E-state index contributed by atoms with van der Waals surface area (Å²) in [6.45, 7) is 1.77. The molecule has 0 spiro atoms. The molecule has 4 heterocycles. The van der Waals surface area contributed by atoms with Gasteiger partial charge in [-0.05, 0) is 0 Å². The van der Waals surface area contributed by atoms with Crippen LogP contribution >= 0.6 is 0 Å². The predicted octanol–water partition coefficient (Wildman–Crippen LogP) is 1.14. The number of ether oxygens (including phenoxy) is 1. The fraction of sp³-hybridized carbons (Fsp3) is 0.250. The Morgan fingerprint density at radius 3 is 3.06 bits per heavy atom. The van der Waals surface area contributed by atoms with Crippen molar-refractivity contribution in [3.8, 4) is 17.0 Å². The Balaban J connectivity index is 1.70. The van der Waals surface area contributed by atoms with E-state index in [0.29, 0.717) is 36.6 Å². The van der Waals surface area contributed by atoms with Crippen molar-refractivity contribution >= 4 is 23.0 Å². The number of pyridine rings is 1. The van der Waals surface area contributed by atoms with Gasteiger partial charge in [-0.2, -0.15) is 0 Å². The van der Waals surface area contributed by atoms with E-state index in [0.717, 1.165) is 29.1 Å². The molecule has 5 rings (SSSR count). The Kier molecular flexibility index (Phi) is 6.68. The first-order valence-corrected chi connectivity index (χ1v) is 13.0. The number of hydrogen-bond acceptors (Lipinski definition) is 6. The minimum atomic E-state index is -0.695. The quantitative estimate of drug-likeness (QED) is 0.212. The number of alkyl halides is 1. The van der Waals surface area contributed by atoms with Crippen LogP contribution in [0.4, 0.5) is 21.5 Å². The van der Waals surface area contributed by atoms with E-state index >= 15 is 0 Å². The zero-order chi connectivity index (χ0) is 23.5. The van der Waals surface area contributed by atoms with Crippen molar-refractivity contribution in [2.24, 2.45) is 0 Å². The van der Waals surface area contributed by atoms with Gasteiger partial charge in [-0.25, -0.2) is 0 Å². The second-order valence-electron chi connectivity index (χ2n) is 7.76. The molecule has 0 saturated carbocycles. The fourth-order valence-electron chi connectivity index (χ4n) is 4.09. The van der Waals surface area contributed by atoms with Crippen molar-refractivity contribution in [1.29, 1.82) is 0 Å². The van der Waals surface area contributed by atoms with Crippen LogP contribution in [0.25, 0.3) is 11.3 Å². The predicted molar refractivity (Wildman–Crippen MR) is 124 cm³/mol. The van der Waals surface area contributed by atoms with Gasteiger partial charge >= 0.3 is 208 Å². The molecule has 0 unspecified atom stereocenters. The summed E-state index contributed by atoms with van der Waals surface area (Å²) in [6, 6.07) is 6.55. The molecule has 0 radical (unpaired) electrons. The second-order valence-corrected chi connectivity index (χ2v) is 10.4. The molecular formula is C24H24FIN5O3-. The Labute approximate surface area is 207 Å². The molecule has 8 nitrogen and oxygen atoms in total. The molecule has 2 aliphatic heterocycles. The number of amides is 1. The van der Waals surface area contributed by atoms with Gasteiger partial charge in [-0.3, -0.25) is 0 Å². The molecule has 1 aromatic carbocycles. The van der Waals surface area contributed by atoms with Crippen LogP contribution in [0.15, 0.2) is 48.8 Å². The van der Waals surface area contributed by atoms with Crippen LogP contribution in [0.1, 0.15) is 26.4 Å². The van der Waals surface area contributed by atoms with Crippen LogP contribution in [-0.2, 0) is 3.07 Å². The topological polar surface area (TPSA) is 100 Å². The first-order chi connectivity index (χ1) is 16.7. The van der Waals surface area contributed by atoms with Crippen LogP contribution in [0.3, 0.4) is 0 Å². The van der Waals surface area contributed by atoms with Gasteiger partial charge in [-0.1, -0.05) is 0 Å². The fourth-order valence-corrected chi connectivity index (χ4v) is 6.06. The molecule has 3 aromatic rings. The number of anilines is 3. The first-order valence-electron chi connectivity index (χ1n) is 10.9. The number of aromatic nitrogens is 2. The van der Waals surface area contributed by atoms with Crippen LogP contribution in [-0.4, -0.2) is 42.7 Å². The van der Waals surface area contributed by atoms with Gasteiger partial charge in [0.1, 0.15) is 0 Å². The van der Waals surface area contributed by atoms with E-state index in [1.165, 1.54) is 13.2 Å². The molecule has 1 amide bonds. The molecule has 0 aliphatic carbocycles. The van der Waals surface area contributed by atoms with Gasteiger partial charge in [0.15, 0.2) is 0 Å². The van der Waals surface area contributed by atoms with Crippen LogP contribution < -0.4 is 42.3 Å².